The predicted octanol–water partition coefficient (Wildman–Crippen LogP) is 1.75. The normalized spacial score (nSPS) is 18.1. The van der Waals surface area contributed by atoms with Crippen molar-refractivity contribution in [1.82, 2.24) is 14.8 Å². The van der Waals surface area contributed by atoms with Gasteiger partial charge in [-0.15, -0.1) is 10.2 Å². The first-order valence-corrected chi connectivity index (χ1v) is 6.12. The Balaban J connectivity index is 2.43. The van der Waals surface area contributed by atoms with E-state index < -0.39 is 11.5 Å². The summed E-state index contributed by atoms with van der Waals surface area (Å²) < 4.78 is 1.85. The van der Waals surface area contributed by atoms with Gasteiger partial charge in [-0.25, -0.2) is 4.79 Å². The lowest BCUT2D eigenvalue weighted by molar-refractivity contribution is -0.152. The highest BCUT2D eigenvalue weighted by Gasteiger charge is 2.48. The summed E-state index contributed by atoms with van der Waals surface area (Å²) in [5.41, 5.74) is -0.780. The standard InChI is InChI=1S/C12H19N3O2/c1-8(2)7-10-14-13-9(3)15(10)12(11(16)17)5-4-6-12/h8H,4-7H2,1-3H3,(H,16,17). The fourth-order valence-electron chi connectivity index (χ4n) is 2.51. The maximum absolute atomic E-state index is 11.5. The third kappa shape index (κ3) is 1.83. The summed E-state index contributed by atoms with van der Waals surface area (Å²) in [7, 11) is 0. The van der Waals surface area contributed by atoms with Crippen LogP contribution in [-0.2, 0) is 16.8 Å². The number of nitrogens with zero attached hydrogens (tertiary/aromatic N) is 3. The van der Waals surface area contributed by atoms with Gasteiger partial charge in [0.15, 0.2) is 0 Å². The summed E-state index contributed by atoms with van der Waals surface area (Å²) >= 11 is 0. The molecule has 5 heteroatoms. The van der Waals surface area contributed by atoms with Crippen molar-refractivity contribution in [1.29, 1.82) is 0 Å². The van der Waals surface area contributed by atoms with Crippen LogP contribution in [0.15, 0.2) is 0 Å². The van der Waals surface area contributed by atoms with Gasteiger partial charge >= 0.3 is 5.97 Å². The topological polar surface area (TPSA) is 68.0 Å². The number of hydrogen-bond donors (Lipinski definition) is 1. The molecule has 0 bridgehead atoms. The first-order chi connectivity index (χ1) is 7.97. The molecule has 1 aromatic heterocycles. The molecule has 0 spiro atoms. The first-order valence-electron chi connectivity index (χ1n) is 6.12. The lowest BCUT2D eigenvalue weighted by atomic mass is 9.76. The minimum Gasteiger partial charge on any atom is -0.479 e. The Morgan fingerprint density at radius 2 is 2.12 bits per heavy atom. The largest absolute Gasteiger partial charge is 0.479 e. The first kappa shape index (κ1) is 12.1. The molecule has 0 radical (unpaired) electrons. The molecule has 94 valence electrons. The Kier molecular flexibility index (Phi) is 2.93. The lowest BCUT2D eigenvalue weighted by Crippen LogP contribution is -2.49. The fourth-order valence-corrected chi connectivity index (χ4v) is 2.51. The Morgan fingerprint density at radius 3 is 2.53 bits per heavy atom. The van der Waals surface area contributed by atoms with Crippen LogP contribution in [0.4, 0.5) is 0 Å². The summed E-state index contributed by atoms with van der Waals surface area (Å²) in [6.45, 7) is 6.03. The maximum Gasteiger partial charge on any atom is 0.329 e. The third-order valence-corrected chi connectivity index (χ3v) is 3.49. The Labute approximate surface area is 101 Å². The monoisotopic (exact) mass is 237 g/mol. The number of carboxylic acid groups (broad SMARTS) is 1. The predicted molar refractivity (Wildman–Crippen MR) is 62.8 cm³/mol. The van der Waals surface area contributed by atoms with E-state index in [9.17, 15) is 9.90 Å². The van der Waals surface area contributed by atoms with E-state index in [0.717, 1.165) is 18.7 Å². The molecule has 1 saturated carbocycles. The second-order valence-electron chi connectivity index (χ2n) is 5.29. The van der Waals surface area contributed by atoms with Crippen molar-refractivity contribution in [2.75, 3.05) is 0 Å². The van der Waals surface area contributed by atoms with Gasteiger partial charge in [0, 0.05) is 6.42 Å². The second kappa shape index (κ2) is 4.13. The van der Waals surface area contributed by atoms with Crippen LogP contribution in [0.2, 0.25) is 0 Å². The number of carboxylic acids is 1. The van der Waals surface area contributed by atoms with Crippen molar-refractivity contribution in [2.24, 2.45) is 5.92 Å². The van der Waals surface area contributed by atoms with E-state index in [-0.39, 0.29) is 0 Å². The average molecular weight is 237 g/mol. The van der Waals surface area contributed by atoms with Crippen molar-refractivity contribution in [2.45, 2.75) is 52.0 Å². The van der Waals surface area contributed by atoms with Crippen LogP contribution in [0.3, 0.4) is 0 Å². The van der Waals surface area contributed by atoms with E-state index in [4.69, 9.17) is 0 Å². The highest BCUT2D eigenvalue weighted by Crippen LogP contribution is 2.41. The van der Waals surface area contributed by atoms with E-state index in [1.807, 2.05) is 11.5 Å². The molecule has 1 N–H and O–H groups in total. The molecular formula is C12H19N3O2. The number of aromatic nitrogens is 3. The number of carbonyl (C=O) groups is 1. The van der Waals surface area contributed by atoms with Gasteiger partial charge in [-0.05, 0) is 32.1 Å². The molecule has 0 unspecified atom stereocenters. The van der Waals surface area contributed by atoms with Crippen LogP contribution in [0.1, 0.15) is 44.8 Å². The van der Waals surface area contributed by atoms with Gasteiger partial charge < -0.3 is 5.11 Å². The summed E-state index contributed by atoms with van der Waals surface area (Å²) in [5, 5.41) is 17.6. The Hall–Kier alpha value is -1.39. The summed E-state index contributed by atoms with van der Waals surface area (Å²) in [6, 6.07) is 0. The minimum absolute atomic E-state index is 0.447. The average Bonchev–Trinajstić information content (AvgIpc) is 2.47. The highest BCUT2D eigenvalue weighted by molar-refractivity contribution is 5.78. The van der Waals surface area contributed by atoms with Crippen LogP contribution in [0.5, 0.6) is 0 Å². The molecule has 0 amide bonds. The quantitative estimate of drug-likeness (QED) is 0.866. The van der Waals surface area contributed by atoms with Crippen LogP contribution in [-0.4, -0.2) is 25.8 Å². The van der Waals surface area contributed by atoms with Crippen LogP contribution < -0.4 is 0 Å². The zero-order valence-electron chi connectivity index (χ0n) is 10.6. The second-order valence-corrected chi connectivity index (χ2v) is 5.29. The molecule has 1 heterocycles. The molecular weight excluding hydrogens is 218 g/mol. The van der Waals surface area contributed by atoms with E-state index >= 15 is 0 Å². The van der Waals surface area contributed by atoms with Crippen molar-refractivity contribution in [3.05, 3.63) is 11.6 Å². The zero-order valence-corrected chi connectivity index (χ0v) is 10.6. The minimum atomic E-state index is -0.780. The summed E-state index contributed by atoms with van der Waals surface area (Å²) in [6.07, 6.45) is 3.11. The molecule has 1 aromatic rings. The number of aryl methyl sites for hydroxylation is 1. The summed E-state index contributed by atoms with van der Waals surface area (Å²) in [4.78, 5) is 11.5. The lowest BCUT2D eigenvalue weighted by Gasteiger charge is -2.40. The summed E-state index contributed by atoms with van der Waals surface area (Å²) in [5.74, 6) is 1.21. The highest BCUT2D eigenvalue weighted by atomic mass is 16.4. The maximum atomic E-state index is 11.5. The number of hydrogen-bond acceptors (Lipinski definition) is 3. The van der Waals surface area contributed by atoms with E-state index in [2.05, 4.69) is 24.0 Å². The molecule has 1 fully saturated rings. The van der Waals surface area contributed by atoms with Gasteiger partial charge in [0.25, 0.3) is 0 Å². The number of rotatable bonds is 4. The van der Waals surface area contributed by atoms with Gasteiger partial charge in [0.1, 0.15) is 17.2 Å². The molecule has 1 aliphatic carbocycles. The van der Waals surface area contributed by atoms with Crippen LogP contribution >= 0.6 is 0 Å². The van der Waals surface area contributed by atoms with E-state index in [1.54, 1.807) is 0 Å². The zero-order chi connectivity index (χ0) is 12.6. The molecule has 1 aliphatic rings. The van der Waals surface area contributed by atoms with Gasteiger partial charge in [-0.3, -0.25) is 4.57 Å². The van der Waals surface area contributed by atoms with Crippen molar-refractivity contribution < 1.29 is 9.90 Å². The smallest absolute Gasteiger partial charge is 0.329 e. The van der Waals surface area contributed by atoms with Gasteiger partial charge in [0.05, 0.1) is 0 Å². The Bertz CT molecular complexity index is 433. The molecule has 0 atom stereocenters. The third-order valence-electron chi connectivity index (χ3n) is 3.49. The molecule has 0 aromatic carbocycles. The molecule has 5 nitrogen and oxygen atoms in total. The van der Waals surface area contributed by atoms with Gasteiger partial charge in [-0.2, -0.15) is 0 Å². The van der Waals surface area contributed by atoms with Gasteiger partial charge in [-0.1, -0.05) is 13.8 Å². The van der Waals surface area contributed by atoms with Gasteiger partial charge in [0.2, 0.25) is 0 Å². The molecule has 17 heavy (non-hydrogen) atoms. The SMILES string of the molecule is Cc1nnc(CC(C)C)n1C1(C(=O)O)CCC1. The Morgan fingerprint density at radius 1 is 1.47 bits per heavy atom. The van der Waals surface area contributed by atoms with Crippen molar-refractivity contribution in [3.8, 4) is 0 Å². The fraction of sp³-hybridized carbons (Fsp3) is 0.750. The van der Waals surface area contributed by atoms with Crippen molar-refractivity contribution >= 4 is 5.97 Å². The molecule has 0 saturated heterocycles. The van der Waals surface area contributed by atoms with Crippen LogP contribution in [0, 0.1) is 12.8 Å². The molecule has 2 rings (SSSR count). The van der Waals surface area contributed by atoms with Crippen LogP contribution in [0.25, 0.3) is 0 Å². The van der Waals surface area contributed by atoms with Crippen molar-refractivity contribution in [3.63, 3.8) is 0 Å². The molecule has 0 aliphatic heterocycles. The number of aliphatic carboxylic acids is 1. The van der Waals surface area contributed by atoms with E-state index in [1.165, 1.54) is 0 Å². The van der Waals surface area contributed by atoms with E-state index in [0.29, 0.717) is 24.6 Å².